The summed E-state index contributed by atoms with van der Waals surface area (Å²) < 4.78 is 63.3. The Morgan fingerprint density at radius 2 is 1.75 bits per heavy atom. The zero-order valence-corrected chi connectivity index (χ0v) is 14.7. The van der Waals surface area contributed by atoms with Gasteiger partial charge in [-0.2, -0.15) is 0 Å². The highest BCUT2D eigenvalue weighted by atomic mass is 32.2. The Morgan fingerprint density at radius 1 is 1.08 bits per heavy atom. The number of hydrogen-bond donors (Lipinski definition) is 2. The van der Waals surface area contributed by atoms with E-state index in [0.29, 0.717) is 5.56 Å². The minimum absolute atomic E-state index is 0.0432. The first kappa shape index (κ1) is 18.5. The van der Waals surface area contributed by atoms with Crippen molar-refractivity contribution in [3.05, 3.63) is 59.4 Å². The van der Waals surface area contributed by atoms with Gasteiger partial charge in [-0.15, -0.1) is 0 Å². The Labute approximate surface area is 140 Å². The fourth-order valence-electron chi connectivity index (χ4n) is 2.24. The highest BCUT2D eigenvalue weighted by Gasteiger charge is 2.21. The van der Waals surface area contributed by atoms with Gasteiger partial charge in [-0.3, -0.25) is 0 Å². The van der Waals surface area contributed by atoms with Gasteiger partial charge in [-0.1, -0.05) is 12.1 Å². The molecule has 0 amide bonds. The highest BCUT2D eigenvalue weighted by Crippen LogP contribution is 2.21. The molecule has 0 heterocycles. The Balaban J connectivity index is 2.33. The maximum Gasteiger partial charge on any atom is 0.241 e. The molecule has 2 aromatic rings. The molecule has 6 nitrogen and oxygen atoms in total. The summed E-state index contributed by atoms with van der Waals surface area (Å²) in [6.45, 7) is 3.06. The lowest BCUT2D eigenvalue weighted by Gasteiger charge is -2.16. The summed E-state index contributed by atoms with van der Waals surface area (Å²) in [5.41, 5.74) is 0.706. The van der Waals surface area contributed by atoms with Gasteiger partial charge >= 0.3 is 0 Å². The van der Waals surface area contributed by atoms with E-state index < -0.39 is 31.9 Å². The lowest BCUT2D eigenvalue weighted by atomic mass is 10.1. The van der Waals surface area contributed by atoms with Crippen LogP contribution in [0.1, 0.15) is 24.1 Å². The Bertz CT molecular complexity index is 973. The van der Waals surface area contributed by atoms with Crippen molar-refractivity contribution in [1.82, 2.24) is 4.72 Å². The molecule has 0 bridgehead atoms. The van der Waals surface area contributed by atoms with E-state index in [-0.39, 0.29) is 15.4 Å². The van der Waals surface area contributed by atoms with E-state index in [2.05, 4.69) is 4.72 Å². The number of sulfonamides is 2. The van der Waals surface area contributed by atoms with Gasteiger partial charge in [-0.25, -0.2) is 31.1 Å². The number of halogens is 1. The highest BCUT2D eigenvalue weighted by molar-refractivity contribution is 7.89. The van der Waals surface area contributed by atoms with Crippen LogP contribution in [0, 0.1) is 12.7 Å². The van der Waals surface area contributed by atoms with Crippen LogP contribution >= 0.6 is 0 Å². The van der Waals surface area contributed by atoms with Crippen LogP contribution in [0.3, 0.4) is 0 Å². The third-order valence-electron chi connectivity index (χ3n) is 3.45. The Kier molecular flexibility index (Phi) is 5.09. The minimum Gasteiger partial charge on any atom is -0.225 e. The van der Waals surface area contributed by atoms with Gasteiger partial charge in [0.05, 0.1) is 9.79 Å². The lowest BCUT2D eigenvalue weighted by molar-refractivity contribution is 0.565. The SMILES string of the molecule is Cc1cc(F)ccc1S(=O)(=O)NC(C)c1cccc(S(N)(=O)=O)c1. The van der Waals surface area contributed by atoms with Crippen LogP contribution in [0.2, 0.25) is 0 Å². The van der Waals surface area contributed by atoms with Crippen molar-refractivity contribution < 1.29 is 21.2 Å². The summed E-state index contributed by atoms with van der Waals surface area (Å²) in [6.07, 6.45) is 0. The van der Waals surface area contributed by atoms with E-state index in [1.54, 1.807) is 13.0 Å². The van der Waals surface area contributed by atoms with Gasteiger partial charge in [0.25, 0.3) is 0 Å². The van der Waals surface area contributed by atoms with E-state index in [0.717, 1.165) is 12.1 Å². The van der Waals surface area contributed by atoms with E-state index in [9.17, 15) is 21.2 Å². The molecule has 130 valence electrons. The molecule has 9 heteroatoms. The number of nitrogens with two attached hydrogens (primary N) is 1. The van der Waals surface area contributed by atoms with Gasteiger partial charge in [0.1, 0.15) is 5.82 Å². The average Bonchev–Trinajstić information content (AvgIpc) is 2.45. The number of nitrogens with one attached hydrogen (secondary N) is 1. The summed E-state index contributed by atoms with van der Waals surface area (Å²) in [5, 5.41) is 5.08. The zero-order chi connectivity index (χ0) is 18.1. The monoisotopic (exact) mass is 372 g/mol. The van der Waals surface area contributed by atoms with Gasteiger partial charge in [-0.05, 0) is 55.3 Å². The first-order valence-electron chi connectivity index (χ1n) is 6.92. The topological polar surface area (TPSA) is 106 Å². The Hall–Kier alpha value is -1.81. The molecular formula is C15H17FN2O4S2. The van der Waals surface area contributed by atoms with Crippen LogP contribution in [0.4, 0.5) is 4.39 Å². The number of aryl methyl sites for hydroxylation is 1. The molecule has 0 aromatic heterocycles. The number of hydrogen-bond acceptors (Lipinski definition) is 4. The third kappa shape index (κ3) is 4.18. The van der Waals surface area contributed by atoms with Crippen LogP contribution in [-0.2, 0) is 20.0 Å². The smallest absolute Gasteiger partial charge is 0.225 e. The summed E-state index contributed by atoms with van der Waals surface area (Å²) in [7, 11) is -7.79. The zero-order valence-electron chi connectivity index (χ0n) is 13.0. The third-order valence-corrected chi connectivity index (χ3v) is 6.06. The fourth-order valence-corrected chi connectivity index (χ4v) is 4.27. The molecule has 0 fully saturated rings. The van der Waals surface area contributed by atoms with Crippen molar-refractivity contribution in [2.75, 3.05) is 0 Å². The standard InChI is InChI=1S/C15H17FN2O4S2/c1-10-8-13(16)6-7-15(10)24(21,22)18-11(2)12-4-3-5-14(9-12)23(17,19)20/h3-9,11,18H,1-2H3,(H2,17,19,20). The van der Waals surface area contributed by atoms with Crippen LogP contribution in [0.15, 0.2) is 52.3 Å². The molecule has 0 aliphatic carbocycles. The molecule has 0 aliphatic heterocycles. The van der Waals surface area contributed by atoms with E-state index in [4.69, 9.17) is 5.14 Å². The average molecular weight is 372 g/mol. The molecular weight excluding hydrogens is 355 g/mol. The van der Waals surface area contributed by atoms with Gasteiger partial charge in [0, 0.05) is 6.04 Å². The molecule has 0 spiro atoms. The fraction of sp³-hybridized carbons (Fsp3) is 0.200. The van der Waals surface area contributed by atoms with Crippen molar-refractivity contribution in [2.24, 2.45) is 5.14 Å². The molecule has 0 saturated heterocycles. The van der Waals surface area contributed by atoms with E-state index in [1.807, 2.05) is 0 Å². The molecule has 2 aromatic carbocycles. The summed E-state index contributed by atoms with van der Waals surface area (Å²) in [5.74, 6) is -0.527. The first-order valence-corrected chi connectivity index (χ1v) is 9.95. The summed E-state index contributed by atoms with van der Waals surface area (Å²) >= 11 is 0. The maximum atomic E-state index is 13.1. The second kappa shape index (κ2) is 6.60. The largest absolute Gasteiger partial charge is 0.241 e. The normalized spacial score (nSPS) is 13.7. The molecule has 1 atom stereocenters. The molecule has 0 aliphatic rings. The van der Waals surface area contributed by atoms with Crippen molar-refractivity contribution in [1.29, 1.82) is 0 Å². The predicted octanol–water partition coefficient (Wildman–Crippen LogP) is 1.82. The van der Waals surface area contributed by atoms with Crippen molar-refractivity contribution in [3.8, 4) is 0 Å². The van der Waals surface area contributed by atoms with Crippen molar-refractivity contribution in [2.45, 2.75) is 29.7 Å². The molecule has 24 heavy (non-hydrogen) atoms. The van der Waals surface area contributed by atoms with Crippen molar-refractivity contribution >= 4 is 20.0 Å². The summed E-state index contributed by atoms with van der Waals surface area (Å²) in [4.78, 5) is -0.151. The second-order valence-electron chi connectivity index (χ2n) is 5.37. The molecule has 0 saturated carbocycles. The molecule has 3 N–H and O–H groups in total. The summed E-state index contributed by atoms with van der Waals surface area (Å²) in [6, 6.07) is 8.35. The van der Waals surface area contributed by atoms with Gasteiger partial charge < -0.3 is 0 Å². The number of rotatable bonds is 5. The Morgan fingerprint density at radius 3 is 2.33 bits per heavy atom. The van der Waals surface area contributed by atoms with E-state index >= 15 is 0 Å². The van der Waals surface area contributed by atoms with Crippen LogP contribution in [-0.4, -0.2) is 16.8 Å². The molecule has 2 rings (SSSR count). The molecule has 0 radical (unpaired) electrons. The quantitative estimate of drug-likeness (QED) is 0.835. The van der Waals surface area contributed by atoms with Gasteiger partial charge in [0.2, 0.25) is 20.0 Å². The van der Waals surface area contributed by atoms with Gasteiger partial charge in [0.15, 0.2) is 0 Å². The number of benzene rings is 2. The maximum absolute atomic E-state index is 13.1. The minimum atomic E-state index is -3.90. The number of primary sulfonamides is 1. The predicted molar refractivity (Wildman–Crippen MR) is 87.7 cm³/mol. The lowest BCUT2D eigenvalue weighted by Crippen LogP contribution is -2.27. The molecule has 1 unspecified atom stereocenters. The first-order chi connectivity index (χ1) is 11.0. The van der Waals surface area contributed by atoms with Crippen LogP contribution in [0.5, 0.6) is 0 Å². The van der Waals surface area contributed by atoms with E-state index in [1.165, 1.54) is 31.2 Å². The van der Waals surface area contributed by atoms with Crippen LogP contribution < -0.4 is 9.86 Å². The second-order valence-corrected chi connectivity index (χ2v) is 8.61. The van der Waals surface area contributed by atoms with Crippen molar-refractivity contribution in [3.63, 3.8) is 0 Å². The van der Waals surface area contributed by atoms with Crippen LogP contribution in [0.25, 0.3) is 0 Å².